The molecule has 0 bridgehead atoms. The summed E-state index contributed by atoms with van der Waals surface area (Å²) in [5.74, 6) is 1.23. The maximum Gasteiger partial charge on any atom is 0.137 e. The minimum absolute atomic E-state index is 0.0719. The highest BCUT2D eigenvalue weighted by atomic mass is 16.1. The SMILES string of the molecule is C=CC1(C)CCC(C(C)C)C(=O)C1. The minimum atomic E-state index is 0.0719. The Kier molecular flexibility index (Phi) is 2.94. The highest BCUT2D eigenvalue weighted by Crippen LogP contribution is 2.39. The lowest BCUT2D eigenvalue weighted by molar-refractivity contribution is -0.128. The predicted octanol–water partition coefficient (Wildman–Crippen LogP) is 3.20. The molecule has 1 saturated carbocycles. The van der Waals surface area contributed by atoms with E-state index < -0.39 is 0 Å². The predicted molar refractivity (Wildman–Crippen MR) is 55.5 cm³/mol. The molecule has 1 nitrogen and oxygen atoms in total. The van der Waals surface area contributed by atoms with Crippen molar-refractivity contribution in [1.82, 2.24) is 0 Å². The number of hydrogen-bond acceptors (Lipinski definition) is 1. The van der Waals surface area contributed by atoms with Crippen LogP contribution in [0.1, 0.15) is 40.0 Å². The molecule has 0 aromatic rings. The molecule has 1 rings (SSSR count). The van der Waals surface area contributed by atoms with Crippen molar-refractivity contribution in [2.45, 2.75) is 40.0 Å². The van der Waals surface area contributed by atoms with Gasteiger partial charge in [-0.1, -0.05) is 26.8 Å². The molecule has 13 heavy (non-hydrogen) atoms. The monoisotopic (exact) mass is 180 g/mol. The fourth-order valence-electron chi connectivity index (χ4n) is 2.14. The number of carbonyl (C=O) groups excluding carboxylic acids is 1. The summed E-state index contributed by atoms with van der Waals surface area (Å²) in [5, 5.41) is 0. The lowest BCUT2D eigenvalue weighted by Gasteiger charge is -2.35. The third-order valence-corrected chi connectivity index (χ3v) is 3.32. The first kappa shape index (κ1) is 10.5. The van der Waals surface area contributed by atoms with E-state index in [2.05, 4.69) is 27.4 Å². The lowest BCUT2D eigenvalue weighted by Crippen LogP contribution is -2.33. The van der Waals surface area contributed by atoms with E-state index in [1.807, 2.05) is 6.08 Å². The molecule has 2 unspecified atom stereocenters. The summed E-state index contributed by atoms with van der Waals surface area (Å²) in [6, 6.07) is 0. The van der Waals surface area contributed by atoms with Crippen molar-refractivity contribution in [3.63, 3.8) is 0 Å². The van der Waals surface area contributed by atoms with E-state index in [0.29, 0.717) is 24.0 Å². The van der Waals surface area contributed by atoms with Crippen LogP contribution in [0.15, 0.2) is 12.7 Å². The summed E-state index contributed by atoms with van der Waals surface area (Å²) in [7, 11) is 0. The molecule has 1 aliphatic carbocycles. The molecule has 0 aliphatic heterocycles. The summed E-state index contributed by atoms with van der Waals surface area (Å²) in [4.78, 5) is 11.8. The van der Waals surface area contributed by atoms with Gasteiger partial charge < -0.3 is 0 Å². The quantitative estimate of drug-likeness (QED) is 0.596. The van der Waals surface area contributed by atoms with Crippen LogP contribution in [-0.4, -0.2) is 5.78 Å². The Morgan fingerprint density at radius 3 is 2.62 bits per heavy atom. The molecule has 74 valence electrons. The van der Waals surface area contributed by atoms with Crippen LogP contribution in [-0.2, 0) is 4.79 Å². The van der Waals surface area contributed by atoms with Crippen LogP contribution in [0.2, 0.25) is 0 Å². The molecule has 0 spiro atoms. The van der Waals surface area contributed by atoms with E-state index in [4.69, 9.17) is 0 Å². The maximum atomic E-state index is 11.8. The first-order valence-electron chi connectivity index (χ1n) is 5.15. The second-order valence-electron chi connectivity index (χ2n) is 4.89. The zero-order valence-corrected chi connectivity index (χ0v) is 8.97. The van der Waals surface area contributed by atoms with Gasteiger partial charge in [0, 0.05) is 12.3 Å². The fourth-order valence-corrected chi connectivity index (χ4v) is 2.14. The van der Waals surface area contributed by atoms with E-state index in [9.17, 15) is 4.79 Å². The topological polar surface area (TPSA) is 17.1 Å². The molecule has 2 atom stereocenters. The molecule has 1 aliphatic rings. The van der Waals surface area contributed by atoms with Crippen molar-refractivity contribution in [2.75, 3.05) is 0 Å². The van der Waals surface area contributed by atoms with E-state index in [1.165, 1.54) is 0 Å². The summed E-state index contributed by atoms with van der Waals surface area (Å²) in [6.45, 7) is 10.2. The third-order valence-electron chi connectivity index (χ3n) is 3.32. The molecule has 0 aromatic heterocycles. The van der Waals surface area contributed by atoms with Crippen LogP contribution in [0.5, 0.6) is 0 Å². The van der Waals surface area contributed by atoms with Gasteiger partial charge in [0.1, 0.15) is 5.78 Å². The van der Waals surface area contributed by atoms with E-state index in [-0.39, 0.29) is 5.41 Å². The van der Waals surface area contributed by atoms with Gasteiger partial charge in [0.25, 0.3) is 0 Å². The first-order valence-corrected chi connectivity index (χ1v) is 5.15. The lowest BCUT2D eigenvalue weighted by atomic mass is 9.68. The number of allylic oxidation sites excluding steroid dienone is 1. The third kappa shape index (κ3) is 2.20. The molecule has 0 amide bonds. The van der Waals surface area contributed by atoms with Gasteiger partial charge in [-0.05, 0) is 24.2 Å². The smallest absolute Gasteiger partial charge is 0.137 e. The van der Waals surface area contributed by atoms with Gasteiger partial charge >= 0.3 is 0 Å². The number of ketones is 1. The second kappa shape index (κ2) is 3.65. The van der Waals surface area contributed by atoms with Crippen molar-refractivity contribution in [1.29, 1.82) is 0 Å². The van der Waals surface area contributed by atoms with Gasteiger partial charge in [-0.2, -0.15) is 0 Å². The van der Waals surface area contributed by atoms with Gasteiger partial charge in [0.05, 0.1) is 0 Å². The molecule has 1 heteroatoms. The number of hydrogen-bond donors (Lipinski definition) is 0. The summed E-state index contributed by atoms with van der Waals surface area (Å²) < 4.78 is 0. The van der Waals surface area contributed by atoms with Gasteiger partial charge in [-0.3, -0.25) is 4.79 Å². The molecule has 0 saturated heterocycles. The molecule has 0 radical (unpaired) electrons. The van der Waals surface area contributed by atoms with Crippen LogP contribution in [0, 0.1) is 17.3 Å². The standard InChI is InChI=1S/C12H20O/c1-5-12(4)7-6-10(9(2)3)11(13)8-12/h5,9-10H,1,6-8H2,2-4H3. The number of rotatable bonds is 2. The van der Waals surface area contributed by atoms with Gasteiger partial charge in [0.15, 0.2) is 0 Å². The van der Waals surface area contributed by atoms with Crippen LogP contribution in [0.4, 0.5) is 0 Å². The normalized spacial score (nSPS) is 35.1. The van der Waals surface area contributed by atoms with E-state index >= 15 is 0 Å². The fraction of sp³-hybridized carbons (Fsp3) is 0.750. The zero-order chi connectivity index (χ0) is 10.1. The average Bonchev–Trinajstić information content (AvgIpc) is 2.03. The minimum Gasteiger partial charge on any atom is -0.299 e. The Balaban J connectivity index is 2.67. The van der Waals surface area contributed by atoms with Gasteiger partial charge in [0.2, 0.25) is 0 Å². The number of carbonyl (C=O) groups is 1. The van der Waals surface area contributed by atoms with Crippen LogP contribution in [0.3, 0.4) is 0 Å². The highest BCUT2D eigenvalue weighted by molar-refractivity contribution is 5.83. The summed E-state index contributed by atoms with van der Waals surface area (Å²) in [5.41, 5.74) is 0.0719. The largest absolute Gasteiger partial charge is 0.299 e. The highest BCUT2D eigenvalue weighted by Gasteiger charge is 2.35. The van der Waals surface area contributed by atoms with Crippen LogP contribution < -0.4 is 0 Å². The Morgan fingerprint density at radius 2 is 2.23 bits per heavy atom. The molecular weight excluding hydrogens is 160 g/mol. The van der Waals surface area contributed by atoms with Crippen molar-refractivity contribution < 1.29 is 4.79 Å². The molecular formula is C12H20O. The average molecular weight is 180 g/mol. The maximum absolute atomic E-state index is 11.8. The second-order valence-corrected chi connectivity index (χ2v) is 4.89. The Bertz CT molecular complexity index is 217. The van der Waals surface area contributed by atoms with Crippen molar-refractivity contribution in [3.8, 4) is 0 Å². The molecule has 0 heterocycles. The van der Waals surface area contributed by atoms with Crippen molar-refractivity contribution in [3.05, 3.63) is 12.7 Å². The summed E-state index contributed by atoms with van der Waals surface area (Å²) >= 11 is 0. The van der Waals surface area contributed by atoms with E-state index in [0.717, 1.165) is 12.8 Å². The Labute approximate surface area is 81.2 Å². The molecule has 1 fully saturated rings. The van der Waals surface area contributed by atoms with E-state index in [1.54, 1.807) is 0 Å². The Hall–Kier alpha value is -0.590. The summed E-state index contributed by atoms with van der Waals surface area (Å²) in [6.07, 6.45) is 4.80. The number of Topliss-reactive ketones (excluding diaryl/α,β-unsaturated/α-hetero) is 1. The van der Waals surface area contributed by atoms with Gasteiger partial charge in [-0.25, -0.2) is 0 Å². The van der Waals surface area contributed by atoms with Crippen molar-refractivity contribution in [2.24, 2.45) is 17.3 Å². The van der Waals surface area contributed by atoms with Crippen LogP contribution >= 0.6 is 0 Å². The first-order chi connectivity index (χ1) is 5.98. The molecule has 0 N–H and O–H groups in total. The van der Waals surface area contributed by atoms with Crippen LogP contribution in [0.25, 0.3) is 0 Å². The Morgan fingerprint density at radius 1 is 1.62 bits per heavy atom. The molecule has 0 aromatic carbocycles. The van der Waals surface area contributed by atoms with Crippen molar-refractivity contribution >= 4 is 5.78 Å². The zero-order valence-electron chi connectivity index (χ0n) is 8.97. The van der Waals surface area contributed by atoms with Gasteiger partial charge in [-0.15, -0.1) is 6.58 Å².